The summed E-state index contributed by atoms with van der Waals surface area (Å²) in [5, 5.41) is 2.46. The maximum Gasteiger partial charge on any atom is 0.0714 e. The second-order valence-electron chi connectivity index (χ2n) is 20.0. The molecular formula is C70H50N2. The van der Waals surface area contributed by atoms with Gasteiger partial charge in [-0.1, -0.05) is 220 Å². The van der Waals surface area contributed by atoms with Crippen LogP contribution in [0.3, 0.4) is 0 Å². The van der Waals surface area contributed by atoms with Crippen LogP contribution in [0.4, 0.5) is 17.1 Å². The van der Waals surface area contributed by atoms with Crippen molar-refractivity contribution < 1.29 is 0 Å². The van der Waals surface area contributed by atoms with Crippen LogP contribution in [0.1, 0.15) is 47.2 Å². The zero-order valence-electron chi connectivity index (χ0n) is 40.3. The first-order chi connectivity index (χ1) is 35.5. The Labute approximate surface area is 421 Å². The van der Waals surface area contributed by atoms with E-state index >= 15 is 0 Å². The fourth-order valence-electron chi connectivity index (χ4n) is 12.6. The monoisotopic (exact) mass is 918 g/mol. The number of nitrogens with zero attached hydrogens (tertiary/aromatic N) is 2. The number of hydrogen-bond acceptors (Lipinski definition) is 1. The van der Waals surface area contributed by atoms with Crippen molar-refractivity contribution in [2.24, 2.45) is 0 Å². The third-order valence-electron chi connectivity index (χ3n) is 15.9. The van der Waals surface area contributed by atoms with Gasteiger partial charge in [-0.05, 0) is 133 Å². The summed E-state index contributed by atoms with van der Waals surface area (Å²) in [6.07, 6.45) is 0. The van der Waals surface area contributed by atoms with E-state index in [9.17, 15) is 0 Å². The number of benzene rings is 11. The van der Waals surface area contributed by atoms with Gasteiger partial charge < -0.3 is 9.47 Å². The second kappa shape index (κ2) is 16.3. The predicted molar refractivity (Wildman–Crippen MR) is 301 cm³/mol. The number of fused-ring (bicyclic) bond motifs is 9. The molecule has 0 saturated heterocycles. The lowest BCUT2D eigenvalue weighted by Gasteiger charge is -2.34. The van der Waals surface area contributed by atoms with E-state index in [4.69, 9.17) is 0 Å². The standard InChI is InChI=1S/C70H50N2/c1-69(2)61-30-17-15-28-56(61)57-41-36-49(44-63(57)69)48-34-38-54(39-35-48)71(55-40-43-59-58-29-16-18-32-65(58)72(67(59)46-55)53-26-13-6-14-27-53)66-33-19-31-62-68(66)60-42-37-50(47-20-7-3-8-21-47)45-64(60)70(62,51-22-9-4-10-23-51)52-24-11-5-12-25-52/h3-46H,1-2H3. The average molecular weight is 919 g/mol. The van der Waals surface area contributed by atoms with Gasteiger partial charge >= 0.3 is 0 Å². The van der Waals surface area contributed by atoms with Gasteiger partial charge in [-0.3, -0.25) is 0 Å². The number of aromatic nitrogens is 1. The van der Waals surface area contributed by atoms with Crippen LogP contribution >= 0.6 is 0 Å². The van der Waals surface area contributed by atoms with Crippen molar-refractivity contribution in [2.45, 2.75) is 24.7 Å². The molecule has 1 aromatic heterocycles. The van der Waals surface area contributed by atoms with Gasteiger partial charge in [-0.2, -0.15) is 0 Å². The van der Waals surface area contributed by atoms with E-state index in [1.807, 2.05) is 0 Å². The highest BCUT2D eigenvalue weighted by molar-refractivity contribution is 6.11. The van der Waals surface area contributed by atoms with Gasteiger partial charge in [0, 0.05) is 38.8 Å². The predicted octanol–water partition coefficient (Wildman–Crippen LogP) is 18.3. The summed E-state index contributed by atoms with van der Waals surface area (Å²) < 4.78 is 2.43. The van der Waals surface area contributed by atoms with E-state index in [0.717, 1.165) is 28.3 Å². The topological polar surface area (TPSA) is 8.17 Å². The normalized spacial score (nSPS) is 13.6. The van der Waals surface area contributed by atoms with Crippen molar-refractivity contribution in [3.8, 4) is 50.2 Å². The molecule has 1 heterocycles. The maximum atomic E-state index is 2.51. The van der Waals surface area contributed by atoms with Gasteiger partial charge in [0.1, 0.15) is 0 Å². The quantitative estimate of drug-likeness (QED) is 0.147. The van der Waals surface area contributed by atoms with E-state index in [1.165, 1.54) is 94.2 Å². The summed E-state index contributed by atoms with van der Waals surface area (Å²) in [6, 6.07) is 99.2. The molecule has 2 nitrogen and oxygen atoms in total. The fraction of sp³-hybridized carbons (Fsp3) is 0.0571. The summed E-state index contributed by atoms with van der Waals surface area (Å²) in [6.45, 7) is 4.72. The molecule has 2 heteroatoms. The van der Waals surface area contributed by atoms with Crippen LogP contribution in [-0.4, -0.2) is 4.57 Å². The molecule has 12 aromatic rings. The minimum atomic E-state index is -0.603. The Bertz CT molecular complexity index is 4000. The van der Waals surface area contributed by atoms with Crippen molar-refractivity contribution in [3.05, 3.63) is 300 Å². The summed E-state index contributed by atoms with van der Waals surface area (Å²) in [5.74, 6) is 0. The van der Waals surface area contributed by atoms with Gasteiger partial charge in [0.25, 0.3) is 0 Å². The molecule has 14 rings (SSSR count). The smallest absolute Gasteiger partial charge is 0.0714 e. The lowest BCUT2D eigenvalue weighted by Crippen LogP contribution is -2.28. The van der Waals surface area contributed by atoms with Crippen LogP contribution in [0.5, 0.6) is 0 Å². The molecule has 0 radical (unpaired) electrons. The molecule has 0 fully saturated rings. The molecule has 72 heavy (non-hydrogen) atoms. The average Bonchev–Trinajstić information content (AvgIpc) is 4.03. The summed E-state index contributed by atoms with van der Waals surface area (Å²) in [7, 11) is 0. The third-order valence-corrected chi connectivity index (χ3v) is 15.9. The van der Waals surface area contributed by atoms with Crippen LogP contribution in [0.2, 0.25) is 0 Å². The van der Waals surface area contributed by atoms with Gasteiger partial charge in [-0.25, -0.2) is 0 Å². The van der Waals surface area contributed by atoms with Crippen LogP contribution < -0.4 is 4.90 Å². The number of hydrogen-bond donors (Lipinski definition) is 0. The van der Waals surface area contributed by atoms with Crippen LogP contribution in [-0.2, 0) is 10.8 Å². The van der Waals surface area contributed by atoms with Crippen molar-refractivity contribution in [3.63, 3.8) is 0 Å². The molecule has 0 aliphatic heterocycles. The zero-order chi connectivity index (χ0) is 48.0. The van der Waals surface area contributed by atoms with Crippen molar-refractivity contribution in [1.29, 1.82) is 0 Å². The fourth-order valence-corrected chi connectivity index (χ4v) is 12.6. The van der Waals surface area contributed by atoms with E-state index < -0.39 is 5.41 Å². The summed E-state index contributed by atoms with van der Waals surface area (Å²) in [5.41, 5.74) is 23.8. The molecule has 0 bridgehead atoms. The van der Waals surface area contributed by atoms with Gasteiger partial charge in [0.2, 0.25) is 0 Å². The second-order valence-corrected chi connectivity index (χ2v) is 20.0. The maximum absolute atomic E-state index is 2.51. The van der Waals surface area contributed by atoms with Crippen LogP contribution in [0.25, 0.3) is 72.0 Å². The molecule has 2 aliphatic rings. The van der Waals surface area contributed by atoms with E-state index in [0.29, 0.717) is 0 Å². The molecule has 0 unspecified atom stereocenters. The van der Waals surface area contributed by atoms with Crippen molar-refractivity contribution >= 4 is 38.9 Å². The molecule has 11 aromatic carbocycles. The Morgan fingerprint density at radius 3 is 1.58 bits per heavy atom. The Kier molecular flexibility index (Phi) is 9.50. The Hall–Kier alpha value is -8.98. The minimum absolute atomic E-state index is 0.0832. The third kappa shape index (κ3) is 6.22. The lowest BCUT2D eigenvalue weighted by molar-refractivity contribution is 0.660. The van der Waals surface area contributed by atoms with Crippen molar-refractivity contribution in [2.75, 3.05) is 4.90 Å². The molecule has 0 spiro atoms. The largest absolute Gasteiger partial charge is 0.310 e. The molecule has 0 saturated carbocycles. The molecule has 0 N–H and O–H groups in total. The Balaban J connectivity index is 1.02. The SMILES string of the molecule is CC1(C)c2ccccc2-c2ccc(-c3ccc(N(c4ccc5c6ccccc6n(-c6ccccc6)c5c4)c4cccc5c4-c4ccc(-c6ccccc6)cc4C5(c4ccccc4)c4ccccc4)cc3)cc21. The molecule has 0 atom stereocenters. The molecule has 340 valence electrons. The highest BCUT2D eigenvalue weighted by atomic mass is 15.1. The zero-order valence-corrected chi connectivity index (χ0v) is 40.3. The van der Waals surface area contributed by atoms with E-state index in [-0.39, 0.29) is 5.41 Å². The summed E-state index contributed by atoms with van der Waals surface area (Å²) >= 11 is 0. The number of para-hydroxylation sites is 2. The van der Waals surface area contributed by atoms with Gasteiger partial charge in [0.15, 0.2) is 0 Å². The highest BCUT2D eigenvalue weighted by Gasteiger charge is 2.48. The van der Waals surface area contributed by atoms with E-state index in [2.05, 4.69) is 290 Å². The van der Waals surface area contributed by atoms with Crippen molar-refractivity contribution in [1.82, 2.24) is 4.57 Å². The first kappa shape index (κ1) is 41.9. The van der Waals surface area contributed by atoms with E-state index in [1.54, 1.807) is 0 Å². The summed E-state index contributed by atoms with van der Waals surface area (Å²) in [4.78, 5) is 2.51. The number of anilines is 3. The minimum Gasteiger partial charge on any atom is -0.310 e. The first-order valence-corrected chi connectivity index (χ1v) is 25.2. The van der Waals surface area contributed by atoms with Gasteiger partial charge in [-0.15, -0.1) is 0 Å². The lowest BCUT2D eigenvalue weighted by atomic mass is 9.67. The molecule has 0 amide bonds. The van der Waals surface area contributed by atoms with Gasteiger partial charge in [0.05, 0.1) is 22.1 Å². The first-order valence-electron chi connectivity index (χ1n) is 25.2. The molecular weight excluding hydrogens is 869 g/mol. The Morgan fingerprint density at radius 2 is 0.861 bits per heavy atom. The van der Waals surface area contributed by atoms with Crippen LogP contribution in [0.15, 0.2) is 267 Å². The highest BCUT2D eigenvalue weighted by Crippen LogP contribution is 2.60. The number of rotatable bonds is 8. The molecule has 2 aliphatic carbocycles. The van der Waals surface area contributed by atoms with Crippen LogP contribution in [0, 0.1) is 0 Å². The Morgan fingerprint density at radius 1 is 0.333 bits per heavy atom.